The standard InChI is InChI=1S/C19H22/c1-3-7-14-11-15(8-4-2)18-13-16-9-5-6-10-17(16)19(18)12-14/h5-6,9-12H,3-4,7-8,13H2,1-2H3. The van der Waals surface area contributed by atoms with E-state index in [9.17, 15) is 0 Å². The monoisotopic (exact) mass is 250 g/mol. The summed E-state index contributed by atoms with van der Waals surface area (Å²) in [5.74, 6) is 0. The highest BCUT2D eigenvalue weighted by molar-refractivity contribution is 5.78. The summed E-state index contributed by atoms with van der Waals surface area (Å²) in [6.45, 7) is 4.54. The molecule has 19 heavy (non-hydrogen) atoms. The number of rotatable bonds is 4. The molecule has 0 unspecified atom stereocenters. The van der Waals surface area contributed by atoms with E-state index in [1.807, 2.05) is 0 Å². The lowest BCUT2D eigenvalue weighted by molar-refractivity contribution is 0.886. The first-order valence-corrected chi connectivity index (χ1v) is 7.56. The fraction of sp³-hybridized carbons (Fsp3) is 0.368. The summed E-state index contributed by atoms with van der Waals surface area (Å²) in [5, 5.41) is 0. The van der Waals surface area contributed by atoms with Crippen molar-refractivity contribution in [3.8, 4) is 11.1 Å². The summed E-state index contributed by atoms with van der Waals surface area (Å²) in [4.78, 5) is 0. The molecule has 0 nitrogen and oxygen atoms in total. The largest absolute Gasteiger partial charge is 0.0651 e. The molecule has 2 aromatic carbocycles. The molecule has 0 amide bonds. The van der Waals surface area contributed by atoms with E-state index in [0.29, 0.717) is 0 Å². The molecule has 1 aliphatic rings. The van der Waals surface area contributed by atoms with Gasteiger partial charge in [0.15, 0.2) is 0 Å². The van der Waals surface area contributed by atoms with Crippen molar-refractivity contribution in [2.45, 2.75) is 46.0 Å². The van der Waals surface area contributed by atoms with Crippen LogP contribution in [0.1, 0.15) is 48.9 Å². The zero-order valence-electron chi connectivity index (χ0n) is 12.0. The van der Waals surface area contributed by atoms with Crippen molar-refractivity contribution in [1.29, 1.82) is 0 Å². The molecule has 0 fully saturated rings. The summed E-state index contributed by atoms with van der Waals surface area (Å²) in [7, 11) is 0. The molecule has 1 aliphatic carbocycles. The van der Waals surface area contributed by atoms with Crippen LogP contribution in [-0.2, 0) is 19.3 Å². The Kier molecular flexibility index (Phi) is 3.42. The van der Waals surface area contributed by atoms with Gasteiger partial charge in [0.1, 0.15) is 0 Å². The highest BCUT2D eigenvalue weighted by Crippen LogP contribution is 2.39. The highest BCUT2D eigenvalue weighted by atomic mass is 14.2. The number of hydrogen-bond acceptors (Lipinski definition) is 0. The zero-order valence-corrected chi connectivity index (χ0v) is 12.0. The minimum absolute atomic E-state index is 1.13. The normalized spacial score (nSPS) is 12.3. The van der Waals surface area contributed by atoms with Crippen molar-refractivity contribution in [2.75, 3.05) is 0 Å². The van der Waals surface area contributed by atoms with Crippen LogP contribution < -0.4 is 0 Å². The Hall–Kier alpha value is -1.56. The van der Waals surface area contributed by atoms with Crippen molar-refractivity contribution in [3.05, 3.63) is 58.7 Å². The van der Waals surface area contributed by atoms with Gasteiger partial charge in [-0.15, -0.1) is 0 Å². The molecule has 0 N–H and O–H groups in total. The molecule has 2 aromatic rings. The van der Waals surface area contributed by atoms with E-state index >= 15 is 0 Å². The maximum atomic E-state index is 2.46. The Labute approximate surface area is 116 Å². The SMILES string of the molecule is CCCc1cc(CCC)c2c(c1)-c1ccccc1C2. The molecule has 0 aliphatic heterocycles. The summed E-state index contributed by atoms with van der Waals surface area (Å²) >= 11 is 0. The highest BCUT2D eigenvalue weighted by Gasteiger charge is 2.21. The van der Waals surface area contributed by atoms with E-state index in [1.165, 1.54) is 47.9 Å². The van der Waals surface area contributed by atoms with Gasteiger partial charge in [-0.1, -0.05) is 63.1 Å². The Morgan fingerprint density at radius 2 is 1.68 bits per heavy atom. The van der Waals surface area contributed by atoms with Crippen molar-refractivity contribution in [1.82, 2.24) is 0 Å². The van der Waals surface area contributed by atoms with E-state index in [4.69, 9.17) is 0 Å². The molecule has 0 aromatic heterocycles. The van der Waals surface area contributed by atoms with Crippen LogP contribution in [0, 0.1) is 0 Å². The Bertz CT molecular complexity index is 593. The van der Waals surface area contributed by atoms with Gasteiger partial charge in [-0.05, 0) is 52.6 Å². The van der Waals surface area contributed by atoms with E-state index in [0.717, 1.165) is 6.42 Å². The first-order chi connectivity index (χ1) is 9.33. The van der Waals surface area contributed by atoms with Crippen LogP contribution in [0.3, 0.4) is 0 Å². The molecule has 0 bridgehead atoms. The van der Waals surface area contributed by atoms with Crippen LogP contribution in [0.5, 0.6) is 0 Å². The fourth-order valence-corrected chi connectivity index (χ4v) is 3.30. The summed E-state index contributed by atoms with van der Waals surface area (Å²) in [5.41, 5.74) is 9.16. The Morgan fingerprint density at radius 1 is 0.895 bits per heavy atom. The summed E-state index contributed by atoms with van der Waals surface area (Å²) in [6, 6.07) is 13.8. The van der Waals surface area contributed by atoms with E-state index in [1.54, 1.807) is 11.1 Å². The van der Waals surface area contributed by atoms with Gasteiger partial charge in [-0.25, -0.2) is 0 Å². The Morgan fingerprint density at radius 3 is 2.47 bits per heavy atom. The minimum Gasteiger partial charge on any atom is -0.0651 e. The maximum absolute atomic E-state index is 2.46. The number of fused-ring (bicyclic) bond motifs is 3. The molecule has 0 heterocycles. The van der Waals surface area contributed by atoms with E-state index < -0.39 is 0 Å². The molecule has 98 valence electrons. The van der Waals surface area contributed by atoms with Crippen LogP contribution >= 0.6 is 0 Å². The van der Waals surface area contributed by atoms with Crippen molar-refractivity contribution in [2.24, 2.45) is 0 Å². The first kappa shape index (κ1) is 12.5. The number of hydrogen-bond donors (Lipinski definition) is 0. The topological polar surface area (TPSA) is 0 Å². The second-order valence-electron chi connectivity index (χ2n) is 5.61. The van der Waals surface area contributed by atoms with Crippen molar-refractivity contribution >= 4 is 0 Å². The van der Waals surface area contributed by atoms with E-state index in [-0.39, 0.29) is 0 Å². The molecule has 0 saturated carbocycles. The Balaban J connectivity index is 2.14. The molecule has 0 heteroatoms. The van der Waals surface area contributed by atoms with Crippen LogP contribution in [0.15, 0.2) is 36.4 Å². The number of aryl methyl sites for hydroxylation is 2. The summed E-state index contributed by atoms with van der Waals surface area (Å²) in [6.07, 6.45) is 6.01. The van der Waals surface area contributed by atoms with Crippen LogP contribution in [0.4, 0.5) is 0 Å². The second kappa shape index (κ2) is 5.21. The zero-order chi connectivity index (χ0) is 13.2. The predicted octanol–water partition coefficient (Wildman–Crippen LogP) is 5.16. The van der Waals surface area contributed by atoms with Crippen LogP contribution in [-0.4, -0.2) is 0 Å². The maximum Gasteiger partial charge on any atom is -0.00107 e. The van der Waals surface area contributed by atoms with Crippen LogP contribution in [0.2, 0.25) is 0 Å². The third-order valence-electron chi connectivity index (χ3n) is 4.13. The van der Waals surface area contributed by atoms with E-state index in [2.05, 4.69) is 50.2 Å². The average Bonchev–Trinajstić information content (AvgIpc) is 2.79. The van der Waals surface area contributed by atoms with Gasteiger partial charge in [0.05, 0.1) is 0 Å². The molecular formula is C19H22. The van der Waals surface area contributed by atoms with Gasteiger partial charge in [0.2, 0.25) is 0 Å². The van der Waals surface area contributed by atoms with Crippen molar-refractivity contribution in [3.63, 3.8) is 0 Å². The lowest BCUT2D eigenvalue weighted by Gasteiger charge is -2.11. The molecule has 0 atom stereocenters. The van der Waals surface area contributed by atoms with Gasteiger partial charge < -0.3 is 0 Å². The van der Waals surface area contributed by atoms with Gasteiger partial charge >= 0.3 is 0 Å². The predicted molar refractivity (Wildman–Crippen MR) is 82.7 cm³/mol. The van der Waals surface area contributed by atoms with Gasteiger partial charge in [-0.2, -0.15) is 0 Å². The van der Waals surface area contributed by atoms with Gasteiger partial charge in [-0.3, -0.25) is 0 Å². The molecular weight excluding hydrogens is 228 g/mol. The van der Waals surface area contributed by atoms with Crippen molar-refractivity contribution < 1.29 is 0 Å². The molecule has 0 spiro atoms. The quantitative estimate of drug-likeness (QED) is 0.599. The van der Waals surface area contributed by atoms with Gasteiger partial charge in [0.25, 0.3) is 0 Å². The third-order valence-corrected chi connectivity index (χ3v) is 4.13. The molecule has 3 rings (SSSR count). The second-order valence-corrected chi connectivity index (χ2v) is 5.61. The van der Waals surface area contributed by atoms with Crippen LogP contribution in [0.25, 0.3) is 11.1 Å². The lowest BCUT2D eigenvalue weighted by atomic mass is 9.94. The smallest absolute Gasteiger partial charge is 0.00107 e. The average molecular weight is 250 g/mol. The fourth-order valence-electron chi connectivity index (χ4n) is 3.30. The minimum atomic E-state index is 1.13. The molecule has 0 radical (unpaired) electrons. The van der Waals surface area contributed by atoms with Gasteiger partial charge in [0, 0.05) is 0 Å². The third kappa shape index (κ3) is 2.20. The first-order valence-electron chi connectivity index (χ1n) is 7.56. The summed E-state index contributed by atoms with van der Waals surface area (Å²) < 4.78 is 0. The number of benzene rings is 2. The molecule has 0 saturated heterocycles. The lowest BCUT2D eigenvalue weighted by Crippen LogP contribution is -1.96.